The maximum atomic E-state index is 12.7. The van der Waals surface area contributed by atoms with Gasteiger partial charge >= 0.3 is 0 Å². The molecule has 3 aromatic rings. The van der Waals surface area contributed by atoms with Gasteiger partial charge in [-0.2, -0.15) is 0 Å². The van der Waals surface area contributed by atoms with Gasteiger partial charge < -0.3 is 5.11 Å². The Hall–Kier alpha value is -2.23. The van der Waals surface area contributed by atoms with Gasteiger partial charge in [0.2, 0.25) is 0 Å². The Kier molecular flexibility index (Phi) is 5.79. The van der Waals surface area contributed by atoms with Gasteiger partial charge in [-0.25, -0.2) is 0 Å². The highest BCUT2D eigenvalue weighted by Crippen LogP contribution is 2.42. The molecule has 0 aliphatic rings. The standard InChI is InChI=1S/C21H17ClO2S/c22-16-10-12-17(13-11-16)25-21(18-8-4-5-9-19(18)23)14-20(24)15-6-2-1-3-7-15/h1-13,21,23H,14H2. The number of para-hydroxylation sites is 1. The summed E-state index contributed by atoms with van der Waals surface area (Å²) in [5.41, 5.74) is 1.44. The zero-order valence-corrected chi connectivity index (χ0v) is 15.0. The van der Waals surface area contributed by atoms with Gasteiger partial charge in [-0.05, 0) is 30.3 Å². The molecule has 4 heteroatoms. The summed E-state index contributed by atoms with van der Waals surface area (Å²) in [4.78, 5) is 13.7. The second kappa shape index (κ2) is 8.24. The first-order valence-corrected chi connectivity index (χ1v) is 9.17. The molecule has 1 unspecified atom stereocenters. The van der Waals surface area contributed by atoms with Crippen LogP contribution in [0, 0.1) is 0 Å². The monoisotopic (exact) mass is 368 g/mol. The number of carbonyl (C=O) groups is 1. The molecule has 0 aromatic heterocycles. The lowest BCUT2D eigenvalue weighted by Gasteiger charge is -2.18. The third-order valence-electron chi connectivity index (χ3n) is 3.84. The predicted octanol–water partition coefficient (Wildman–Crippen LogP) is 6.15. The molecule has 0 aliphatic heterocycles. The maximum Gasteiger partial charge on any atom is 0.164 e. The summed E-state index contributed by atoms with van der Waals surface area (Å²) in [6.07, 6.45) is 0.300. The van der Waals surface area contributed by atoms with Crippen LogP contribution in [0.25, 0.3) is 0 Å². The predicted molar refractivity (Wildman–Crippen MR) is 104 cm³/mol. The number of ketones is 1. The van der Waals surface area contributed by atoms with Gasteiger partial charge in [0.05, 0.1) is 0 Å². The quantitative estimate of drug-likeness (QED) is 0.418. The number of hydrogen-bond acceptors (Lipinski definition) is 3. The van der Waals surface area contributed by atoms with Crippen LogP contribution >= 0.6 is 23.4 Å². The van der Waals surface area contributed by atoms with Gasteiger partial charge in [-0.3, -0.25) is 4.79 Å². The molecule has 1 N–H and O–H groups in total. The van der Waals surface area contributed by atoms with E-state index in [1.807, 2.05) is 66.7 Å². The molecule has 0 fully saturated rings. The van der Waals surface area contributed by atoms with Gasteiger partial charge in [0.25, 0.3) is 0 Å². The van der Waals surface area contributed by atoms with E-state index in [-0.39, 0.29) is 16.8 Å². The summed E-state index contributed by atoms with van der Waals surface area (Å²) in [6, 6.07) is 23.9. The Morgan fingerprint density at radius 3 is 2.24 bits per heavy atom. The fourth-order valence-corrected chi connectivity index (χ4v) is 3.87. The third-order valence-corrected chi connectivity index (χ3v) is 5.34. The highest BCUT2D eigenvalue weighted by atomic mass is 35.5. The molecular weight excluding hydrogens is 352 g/mol. The number of phenols is 1. The van der Waals surface area contributed by atoms with Crippen molar-refractivity contribution in [3.05, 3.63) is 95.0 Å². The summed E-state index contributed by atoms with van der Waals surface area (Å²) in [5.74, 6) is 0.255. The first kappa shape index (κ1) is 17.6. The van der Waals surface area contributed by atoms with Crippen LogP contribution in [0.15, 0.2) is 83.8 Å². The minimum absolute atomic E-state index is 0.0512. The first-order valence-electron chi connectivity index (χ1n) is 7.92. The Morgan fingerprint density at radius 2 is 1.56 bits per heavy atom. The fourth-order valence-electron chi connectivity index (χ4n) is 2.56. The summed E-state index contributed by atoms with van der Waals surface area (Å²) < 4.78 is 0. The number of thioether (sulfide) groups is 1. The number of aromatic hydroxyl groups is 1. The number of halogens is 1. The van der Waals surface area contributed by atoms with Crippen LogP contribution in [0.5, 0.6) is 5.75 Å². The van der Waals surface area contributed by atoms with Crippen LogP contribution in [0.2, 0.25) is 5.02 Å². The van der Waals surface area contributed by atoms with Crippen molar-refractivity contribution >= 4 is 29.1 Å². The average Bonchev–Trinajstić information content (AvgIpc) is 2.64. The lowest BCUT2D eigenvalue weighted by molar-refractivity contribution is 0.0982. The van der Waals surface area contributed by atoms with Crippen LogP contribution in [0.4, 0.5) is 0 Å². The summed E-state index contributed by atoms with van der Waals surface area (Å²) >= 11 is 7.50. The highest BCUT2D eigenvalue weighted by molar-refractivity contribution is 7.99. The van der Waals surface area contributed by atoms with Gasteiger partial charge in [0.15, 0.2) is 5.78 Å². The smallest absolute Gasteiger partial charge is 0.164 e. The Balaban J connectivity index is 1.87. The molecule has 2 nitrogen and oxygen atoms in total. The summed E-state index contributed by atoms with van der Waals surface area (Å²) in [6.45, 7) is 0. The van der Waals surface area contributed by atoms with E-state index in [2.05, 4.69) is 0 Å². The van der Waals surface area contributed by atoms with Crippen molar-refractivity contribution in [2.24, 2.45) is 0 Å². The van der Waals surface area contributed by atoms with E-state index in [1.54, 1.807) is 23.9 Å². The summed E-state index contributed by atoms with van der Waals surface area (Å²) in [7, 11) is 0. The minimum atomic E-state index is -0.185. The van der Waals surface area contributed by atoms with E-state index in [4.69, 9.17) is 11.6 Å². The van der Waals surface area contributed by atoms with Gasteiger partial charge in [-0.15, -0.1) is 11.8 Å². The fraction of sp³-hybridized carbons (Fsp3) is 0.0952. The molecule has 25 heavy (non-hydrogen) atoms. The topological polar surface area (TPSA) is 37.3 Å². The third kappa shape index (κ3) is 4.65. The molecule has 0 spiro atoms. The lowest BCUT2D eigenvalue weighted by Crippen LogP contribution is -2.05. The zero-order valence-electron chi connectivity index (χ0n) is 13.4. The van der Waals surface area contributed by atoms with Crippen molar-refractivity contribution in [2.75, 3.05) is 0 Å². The Bertz CT molecular complexity index is 847. The second-order valence-corrected chi connectivity index (χ2v) is 7.33. The first-order chi connectivity index (χ1) is 12.1. The van der Waals surface area contributed by atoms with Crippen LogP contribution in [-0.4, -0.2) is 10.9 Å². The molecule has 3 rings (SSSR count). The van der Waals surface area contributed by atoms with Crippen LogP contribution in [0.3, 0.4) is 0 Å². The minimum Gasteiger partial charge on any atom is -0.508 e. The van der Waals surface area contributed by atoms with Crippen molar-refractivity contribution in [2.45, 2.75) is 16.6 Å². The molecular formula is C21H17ClO2S. The number of rotatable bonds is 6. The Morgan fingerprint density at radius 1 is 0.920 bits per heavy atom. The van der Waals surface area contributed by atoms with Crippen molar-refractivity contribution < 1.29 is 9.90 Å². The van der Waals surface area contributed by atoms with E-state index in [0.717, 1.165) is 10.5 Å². The number of phenolic OH excluding ortho intramolecular Hbond substituents is 1. The van der Waals surface area contributed by atoms with E-state index >= 15 is 0 Å². The molecule has 0 heterocycles. The molecule has 0 aliphatic carbocycles. The van der Waals surface area contributed by atoms with E-state index in [0.29, 0.717) is 17.0 Å². The number of carbonyl (C=O) groups excluding carboxylic acids is 1. The molecule has 0 amide bonds. The van der Waals surface area contributed by atoms with Crippen molar-refractivity contribution in [1.29, 1.82) is 0 Å². The average molecular weight is 369 g/mol. The number of benzene rings is 3. The molecule has 0 saturated carbocycles. The van der Waals surface area contributed by atoms with Crippen LogP contribution in [-0.2, 0) is 0 Å². The number of Topliss-reactive ketones (excluding diaryl/α,β-unsaturated/α-hetero) is 1. The SMILES string of the molecule is O=C(CC(Sc1ccc(Cl)cc1)c1ccccc1O)c1ccccc1. The Labute approximate surface area is 156 Å². The van der Waals surface area contributed by atoms with Gasteiger partial charge in [0.1, 0.15) is 5.75 Å². The number of hydrogen-bond donors (Lipinski definition) is 1. The highest BCUT2D eigenvalue weighted by Gasteiger charge is 2.21. The maximum absolute atomic E-state index is 12.7. The molecule has 126 valence electrons. The second-order valence-electron chi connectivity index (χ2n) is 5.61. The molecule has 0 bridgehead atoms. The largest absolute Gasteiger partial charge is 0.508 e. The normalized spacial score (nSPS) is 11.9. The van der Waals surface area contributed by atoms with E-state index in [1.165, 1.54) is 0 Å². The molecule has 0 radical (unpaired) electrons. The van der Waals surface area contributed by atoms with Crippen LogP contribution < -0.4 is 0 Å². The van der Waals surface area contributed by atoms with Gasteiger partial charge in [0, 0.05) is 32.7 Å². The molecule has 0 saturated heterocycles. The van der Waals surface area contributed by atoms with Crippen molar-refractivity contribution in [1.82, 2.24) is 0 Å². The van der Waals surface area contributed by atoms with Crippen LogP contribution in [0.1, 0.15) is 27.6 Å². The van der Waals surface area contributed by atoms with Crippen molar-refractivity contribution in [3.8, 4) is 5.75 Å². The molecule has 3 aromatic carbocycles. The lowest BCUT2D eigenvalue weighted by atomic mass is 10.0. The van der Waals surface area contributed by atoms with Gasteiger partial charge in [-0.1, -0.05) is 60.1 Å². The zero-order chi connectivity index (χ0) is 17.6. The van der Waals surface area contributed by atoms with Crippen molar-refractivity contribution in [3.63, 3.8) is 0 Å². The van der Waals surface area contributed by atoms with E-state index < -0.39 is 0 Å². The van der Waals surface area contributed by atoms with E-state index in [9.17, 15) is 9.90 Å². The molecule has 1 atom stereocenters. The summed E-state index contributed by atoms with van der Waals surface area (Å²) in [5, 5.41) is 10.7.